The molecule has 142 valence electrons. The number of benzene rings is 2. The number of carbonyl (C=O) groups is 2. The third kappa shape index (κ3) is 4.35. The Kier molecular flexibility index (Phi) is 6.02. The first-order valence-electron chi connectivity index (χ1n) is 8.53. The second-order valence-corrected chi connectivity index (χ2v) is 7.14. The minimum atomic E-state index is -0.673. The van der Waals surface area contributed by atoms with Crippen LogP contribution in [-0.2, 0) is 14.3 Å². The van der Waals surface area contributed by atoms with Gasteiger partial charge in [0, 0.05) is 11.9 Å². The van der Waals surface area contributed by atoms with Gasteiger partial charge in [0.05, 0.1) is 5.69 Å². The highest BCUT2D eigenvalue weighted by Crippen LogP contribution is 2.46. The molecule has 0 aromatic heterocycles. The lowest BCUT2D eigenvalue weighted by atomic mass is 10.2. The lowest BCUT2D eigenvalue weighted by molar-refractivity contribution is -0.149. The largest absolute Gasteiger partial charge is 0.482 e. The molecule has 1 aliphatic rings. The molecule has 0 amide bonds. The summed E-state index contributed by atoms with van der Waals surface area (Å²) in [5, 5.41) is 9.99. The maximum absolute atomic E-state index is 12.4. The molecule has 3 rings (SSSR count). The summed E-state index contributed by atoms with van der Waals surface area (Å²) in [6.07, 6.45) is 0. The number of anilines is 1. The zero-order valence-corrected chi connectivity index (χ0v) is 16.3. The summed E-state index contributed by atoms with van der Waals surface area (Å²) >= 11 is 1.35. The van der Waals surface area contributed by atoms with E-state index in [2.05, 4.69) is 0 Å². The Balaban J connectivity index is 1.59. The fourth-order valence-corrected chi connectivity index (χ4v) is 3.82. The molecule has 0 spiro atoms. The smallest absolute Gasteiger partial charge is 0.344 e. The van der Waals surface area contributed by atoms with E-state index >= 15 is 0 Å². The van der Waals surface area contributed by atoms with E-state index in [1.807, 2.05) is 49.4 Å². The first-order valence-corrected chi connectivity index (χ1v) is 9.34. The van der Waals surface area contributed by atoms with Gasteiger partial charge in [0.15, 0.2) is 13.2 Å². The second-order valence-electron chi connectivity index (χ2n) is 6.11. The number of aryl methyl sites for hydroxylation is 1. The molecule has 0 bridgehead atoms. The Morgan fingerprint density at radius 3 is 2.64 bits per heavy atom. The van der Waals surface area contributed by atoms with Crippen LogP contribution in [0.5, 0.6) is 5.75 Å². The summed E-state index contributed by atoms with van der Waals surface area (Å²) in [6.45, 7) is 1.10. The molecule has 0 saturated carbocycles. The van der Waals surface area contributed by atoms with E-state index in [4.69, 9.17) is 9.47 Å². The van der Waals surface area contributed by atoms with Crippen molar-refractivity contribution in [2.45, 2.75) is 11.8 Å². The monoisotopic (exact) mass is 394 g/mol. The molecular formula is C21H18N2O4S. The number of nitriles is 1. The number of ether oxygens (including phenoxy) is 2. The average molecular weight is 394 g/mol. The van der Waals surface area contributed by atoms with E-state index in [1.165, 1.54) is 11.8 Å². The van der Waals surface area contributed by atoms with E-state index in [1.54, 1.807) is 24.1 Å². The molecule has 0 radical (unpaired) electrons. The minimum absolute atomic E-state index is 0.0314. The van der Waals surface area contributed by atoms with Crippen LogP contribution in [0, 0.1) is 18.3 Å². The van der Waals surface area contributed by atoms with Crippen LogP contribution in [0.2, 0.25) is 0 Å². The lowest BCUT2D eigenvalue weighted by Gasteiger charge is -2.14. The molecule has 0 N–H and O–H groups in total. The zero-order valence-electron chi connectivity index (χ0n) is 15.5. The van der Waals surface area contributed by atoms with Gasteiger partial charge >= 0.3 is 5.97 Å². The van der Waals surface area contributed by atoms with Crippen LogP contribution in [0.1, 0.15) is 5.56 Å². The van der Waals surface area contributed by atoms with Crippen molar-refractivity contribution in [3.8, 4) is 11.8 Å². The lowest BCUT2D eigenvalue weighted by Crippen LogP contribution is -2.22. The van der Waals surface area contributed by atoms with Crippen molar-refractivity contribution < 1.29 is 19.1 Å². The van der Waals surface area contributed by atoms with Gasteiger partial charge in [-0.05, 0) is 36.8 Å². The summed E-state index contributed by atoms with van der Waals surface area (Å²) in [5.74, 6) is -0.675. The van der Waals surface area contributed by atoms with Gasteiger partial charge in [-0.25, -0.2) is 4.79 Å². The third-order valence-electron chi connectivity index (χ3n) is 4.05. The minimum Gasteiger partial charge on any atom is -0.482 e. The summed E-state index contributed by atoms with van der Waals surface area (Å²) < 4.78 is 10.3. The van der Waals surface area contributed by atoms with Gasteiger partial charge in [0.25, 0.3) is 0 Å². The van der Waals surface area contributed by atoms with Crippen molar-refractivity contribution in [1.29, 1.82) is 5.26 Å². The fraction of sp³-hybridized carbons (Fsp3) is 0.190. The number of ketones is 1. The Labute approximate surface area is 167 Å². The summed E-state index contributed by atoms with van der Waals surface area (Å²) in [5.41, 5.74) is 1.90. The molecule has 0 unspecified atom stereocenters. The highest BCUT2D eigenvalue weighted by Gasteiger charge is 2.28. The number of thioether (sulfide) groups is 1. The predicted molar refractivity (Wildman–Crippen MR) is 106 cm³/mol. The van der Waals surface area contributed by atoms with Crippen LogP contribution in [-0.4, -0.2) is 32.0 Å². The summed E-state index contributed by atoms with van der Waals surface area (Å²) in [7, 11) is 1.79. The first-order chi connectivity index (χ1) is 13.5. The number of hydrogen-bond acceptors (Lipinski definition) is 7. The van der Waals surface area contributed by atoms with E-state index < -0.39 is 18.4 Å². The number of fused-ring (bicyclic) bond motifs is 1. The molecular weight excluding hydrogens is 376 g/mol. The normalized spacial score (nSPS) is 14.1. The molecule has 28 heavy (non-hydrogen) atoms. The van der Waals surface area contributed by atoms with Crippen LogP contribution in [0.4, 0.5) is 5.69 Å². The van der Waals surface area contributed by atoms with Crippen molar-refractivity contribution in [2.24, 2.45) is 0 Å². The molecule has 0 aliphatic carbocycles. The number of esters is 1. The van der Waals surface area contributed by atoms with Gasteiger partial charge in [-0.1, -0.05) is 36.0 Å². The van der Waals surface area contributed by atoms with E-state index in [0.29, 0.717) is 10.8 Å². The van der Waals surface area contributed by atoms with Gasteiger partial charge in [0.2, 0.25) is 5.78 Å². The van der Waals surface area contributed by atoms with Gasteiger partial charge in [-0.3, -0.25) is 4.79 Å². The molecule has 1 aliphatic heterocycles. The zero-order chi connectivity index (χ0) is 20.1. The van der Waals surface area contributed by atoms with Gasteiger partial charge < -0.3 is 14.4 Å². The van der Waals surface area contributed by atoms with Crippen LogP contribution in [0.3, 0.4) is 0 Å². The van der Waals surface area contributed by atoms with Crippen LogP contribution in [0.15, 0.2) is 64.0 Å². The first kappa shape index (κ1) is 19.5. The van der Waals surface area contributed by atoms with Crippen molar-refractivity contribution in [3.63, 3.8) is 0 Å². The topological polar surface area (TPSA) is 79.6 Å². The SMILES string of the molecule is Cc1cccc(OCC(=O)OCC(=O)/C(C#N)=C2\Sc3ccccc3N2C)c1. The molecule has 0 fully saturated rings. The Morgan fingerprint density at radius 1 is 1.14 bits per heavy atom. The Bertz CT molecular complexity index is 994. The second kappa shape index (κ2) is 8.63. The summed E-state index contributed by atoms with van der Waals surface area (Å²) in [6, 6.07) is 16.8. The standard InChI is InChI=1S/C21H18N2O4S/c1-14-6-5-7-15(10-14)26-13-20(25)27-12-18(24)16(11-22)21-23(2)17-8-3-4-9-19(17)28-21/h3-10H,12-13H2,1-2H3/b21-16-. The molecule has 1 heterocycles. The quantitative estimate of drug-likeness (QED) is 0.422. The number of para-hydroxylation sites is 1. The van der Waals surface area contributed by atoms with Crippen molar-refractivity contribution in [3.05, 3.63) is 64.7 Å². The average Bonchev–Trinajstić information content (AvgIpc) is 3.02. The predicted octanol–water partition coefficient (Wildman–Crippen LogP) is 3.46. The summed E-state index contributed by atoms with van der Waals surface area (Å²) in [4.78, 5) is 27.1. The van der Waals surface area contributed by atoms with Crippen LogP contribution < -0.4 is 9.64 Å². The Morgan fingerprint density at radius 2 is 1.93 bits per heavy atom. The molecule has 0 atom stereocenters. The van der Waals surface area contributed by atoms with Gasteiger partial charge in [0.1, 0.15) is 22.4 Å². The van der Waals surface area contributed by atoms with Crippen LogP contribution in [0.25, 0.3) is 0 Å². The van der Waals surface area contributed by atoms with Gasteiger partial charge in [-0.15, -0.1) is 0 Å². The number of Topliss-reactive ketones (excluding diaryl/α,β-unsaturated/α-hetero) is 1. The number of hydrogen-bond donors (Lipinski definition) is 0. The molecule has 2 aromatic rings. The van der Waals surface area contributed by atoms with Gasteiger partial charge in [-0.2, -0.15) is 5.26 Å². The van der Waals surface area contributed by atoms with Crippen molar-refractivity contribution in [1.82, 2.24) is 0 Å². The molecule has 2 aromatic carbocycles. The molecule has 0 saturated heterocycles. The number of nitrogens with zero attached hydrogens (tertiary/aromatic N) is 2. The van der Waals surface area contributed by atoms with E-state index in [9.17, 15) is 14.9 Å². The number of carbonyl (C=O) groups excluding carboxylic acids is 2. The third-order valence-corrected chi connectivity index (χ3v) is 5.29. The van der Waals surface area contributed by atoms with Crippen LogP contribution >= 0.6 is 11.8 Å². The molecule has 7 heteroatoms. The van der Waals surface area contributed by atoms with E-state index in [0.717, 1.165) is 16.1 Å². The fourth-order valence-electron chi connectivity index (χ4n) is 2.66. The highest BCUT2D eigenvalue weighted by atomic mass is 32.2. The molecule has 6 nitrogen and oxygen atoms in total. The maximum Gasteiger partial charge on any atom is 0.344 e. The van der Waals surface area contributed by atoms with E-state index in [-0.39, 0.29) is 12.2 Å². The highest BCUT2D eigenvalue weighted by molar-refractivity contribution is 8.03. The van der Waals surface area contributed by atoms with Crippen molar-refractivity contribution >= 4 is 29.2 Å². The maximum atomic E-state index is 12.4. The Hall–Kier alpha value is -3.24. The number of rotatable bonds is 6. The van der Waals surface area contributed by atoms with Crippen molar-refractivity contribution in [2.75, 3.05) is 25.2 Å².